The molecule has 1 aliphatic rings. The molecule has 1 unspecified atom stereocenters. The molecule has 3 aromatic carbocycles. The number of aliphatic hydroxyl groups is 1. The number of anilines is 1. The lowest BCUT2D eigenvalue weighted by Crippen LogP contribution is -2.29. The van der Waals surface area contributed by atoms with Crippen LogP contribution in [-0.2, 0) is 9.59 Å². The Kier molecular flexibility index (Phi) is 7.44. The number of Topliss-reactive ketones (excluding diaryl/α,β-unsaturated/α-hetero) is 1. The molecule has 1 saturated heterocycles. The molecule has 1 N–H and O–H groups in total. The third-order valence-electron chi connectivity index (χ3n) is 6.12. The quantitative estimate of drug-likeness (QED) is 0.236. The van der Waals surface area contributed by atoms with Gasteiger partial charge in [-0.25, -0.2) is 0 Å². The van der Waals surface area contributed by atoms with Crippen LogP contribution < -0.4 is 14.4 Å². The molecule has 1 fully saturated rings. The predicted octanol–water partition coefficient (Wildman–Crippen LogP) is 6.12. The van der Waals surface area contributed by atoms with Crippen LogP contribution >= 0.6 is 0 Å². The molecule has 0 spiro atoms. The summed E-state index contributed by atoms with van der Waals surface area (Å²) in [7, 11) is 0. The molecule has 0 radical (unpaired) electrons. The minimum atomic E-state index is -0.816. The van der Waals surface area contributed by atoms with Crippen LogP contribution in [0.5, 0.6) is 11.5 Å². The number of hydrogen-bond acceptors (Lipinski definition) is 5. The Morgan fingerprint density at radius 2 is 1.72 bits per heavy atom. The highest BCUT2D eigenvalue weighted by molar-refractivity contribution is 6.51. The summed E-state index contributed by atoms with van der Waals surface area (Å²) in [6, 6.07) is 19.2. The summed E-state index contributed by atoms with van der Waals surface area (Å²) in [4.78, 5) is 28.2. The minimum Gasteiger partial charge on any atom is -0.507 e. The molecule has 186 valence electrons. The van der Waals surface area contributed by atoms with Gasteiger partial charge in [0.25, 0.3) is 11.7 Å². The first-order valence-corrected chi connectivity index (χ1v) is 12.2. The third-order valence-corrected chi connectivity index (χ3v) is 6.12. The zero-order valence-electron chi connectivity index (χ0n) is 21.1. The summed E-state index contributed by atoms with van der Waals surface area (Å²) in [5, 5.41) is 11.4. The largest absolute Gasteiger partial charge is 0.507 e. The molecule has 6 nitrogen and oxygen atoms in total. The highest BCUT2D eigenvalue weighted by atomic mass is 16.5. The highest BCUT2D eigenvalue weighted by Gasteiger charge is 2.47. The molecule has 1 amide bonds. The first kappa shape index (κ1) is 25.0. The number of nitrogens with zero attached hydrogens (tertiary/aromatic N) is 1. The maximum absolute atomic E-state index is 13.4. The van der Waals surface area contributed by atoms with Crippen LogP contribution in [0.25, 0.3) is 5.76 Å². The van der Waals surface area contributed by atoms with E-state index in [-0.39, 0.29) is 11.3 Å². The van der Waals surface area contributed by atoms with Crippen molar-refractivity contribution in [1.29, 1.82) is 0 Å². The number of aryl methyl sites for hydroxylation is 2. The van der Waals surface area contributed by atoms with Gasteiger partial charge in [0.2, 0.25) is 0 Å². The van der Waals surface area contributed by atoms with E-state index >= 15 is 0 Å². The molecule has 1 heterocycles. The summed E-state index contributed by atoms with van der Waals surface area (Å²) in [5.41, 5.74) is 3.52. The SMILES string of the molecule is CCCOc1ccc(/C(O)=C2\C(=O)C(=O)N(c3cccc(C)c3)C2c2cccc(OCC)c2)cc1C. The maximum Gasteiger partial charge on any atom is 0.300 e. The Hall–Kier alpha value is -4.06. The Morgan fingerprint density at radius 3 is 2.42 bits per heavy atom. The van der Waals surface area contributed by atoms with E-state index in [1.807, 2.05) is 70.2 Å². The summed E-state index contributed by atoms with van der Waals surface area (Å²) in [6.45, 7) is 8.80. The summed E-state index contributed by atoms with van der Waals surface area (Å²) in [6.07, 6.45) is 0.879. The lowest BCUT2D eigenvalue weighted by Gasteiger charge is -2.26. The van der Waals surface area contributed by atoms with Gasteiger partial charge in [-0.1, -0.05) is 31.2 Å². The van der Waals surface area contributed by atoms with Crippen molar-refractivity contribution in [2.24, 2.45) is 0 Å². The summed E-state index contributed by atoms with van der Waals surface area (Å²) < 4.78 is 11.4. The third kappa shape index (κ3) is 4.85. The van der Waals surface area contributed by atoms with Crippen LogP contribution in [-0.4, -0.2) is 30.0 Å². The second-order valence-electron chi connectivity index (χ2n) is 8.84. The van der Waals surface area contributed by atoms with E-state index in [1.54, 1.807) is 24.3 Å². The van der Waals surface area contributed by atoms with Crippen molar-refractivity contribution in [3.05, 3.63) is 94.6 Å². The Morgan fingerprint density at radius 1 is 0.944 bits per heavy atom. The number of carbonyl (C=O) groups excluding carboxylic acids is 2. The molecule has 4 rings (SSSR count). The van der Waals surface area contributed by atoms with Crippen molar-refractivity contribution in [2.75, 3.05) is 18.1 Å². The van der Waals surface area contributed by atoms with Crippen LogP contribution in [0.15, 0.2) is 72.3 Å². The number of ether oxygens (including phenoxy) is 2. The van der Waals surface area contributed by atoms with Gasteiger partial charge in [0.15, 0.2) is 0 Å². The fourth-order valence-electron chi connectivity index (χ4n) is 4.46. The van der Waals surface area contributed by atoms with Gasteiger partial charge in [-0.05, 0) is 86.3 Å². The van der Waals surface area contributed by atoms with Gasteiger partial charge in [0, 0.05) is 11.3 Å². The lowest BCUT2D eigenvalue weighted by molar-refractivity contribution is -0.132. The van der Waals surface area contributed by atoms with E-state index in [2.05, 4.69) is 0 Å². The topological polar surface area (TPSA) is 76.1 Å². The molecule has 0 saturated carbocycles. The van der Waals surface area contributed by atoms with Gasteiger partial charge >= 0.3 is 0 Å². The number of carbonyl (C=O) groups is 2. The molecule has 0 aromatic heterocycles. The number of hydrogen-bond donors (Lipinski definition) is 1. The zero-order chi connectivity index (χ0) is 25.8. The fraction of sp³-hybridized carbons (Fsp3) is 0.267. The Labute approximate surface area is 211 Å². The monoisotopic (exact) mass is 485 g/mol. The number of aliphatic hydroxyl groups excluding tert-OH is 1. The first-order chi connectivity index (χ1) is 17.3. The minimum absolute atomic E-state index is 0.0387. The van der Waals surface area contributed by atoms with Crippen LogP contribution in [0.1, 0.15) is 48.6 Å². The van der Waals surface area contributed by atoms with Gasteiger partial charge in [0.05, 0.1) is 24.8 Å². The van der Waals surface area contributed by atoms with Crippen molar-refractivity contribution in [2.45, 2.75) is 40.2 Å². The van der Waals surface area contributed by atoms with E-state index in [0.717, 1.165) is 23.3 Å². The van der Waals surface area contributed by atoms with Gasteiger partial charge in [0.1, 0.15) is 17.3 Å². The van der Waals surface area contributed by atoms with E-state index in [9.17, 15) is 14.7 Å². The number of rotatable bonds is 8. The molecular formula is C30H31NO5. The Bertz CT molecular complexity index is 1330. The molecule has 0 bridgehead atoms. The number of amides is 1. The molecular weight excluding hydrogens is 454 g/mol. The average Bonchev–Trinajstić information content (AvgIpc) is 3.13. The second-order valence-corrected chi connectivity index (χ2v) is 8.84. The molecule has 1 atom stereocenters. The summed E-state index contributed by atoms with van der Waals surface area (Å²) >= 11 is 0. The number of benzene rings is 3. The summed E-state index contributed by atoms with van der Waals surface area (Å²) in [5.74, 6) is -0.300. The average molecular weight is 486 g/mol. The molecule has 3 aromatic rings. The van der Waals surface area contributed by atoms with Gasteiger partial charge in [-0.2, -0.15) is 0 Å². The molecule has 0 aliphatic carbocycles. The number of ketones is 1. The van der Waals surface area contributed by atoms with Crippen molar-refractivity contribution in [3.63, 3.8) is 0 Å². The van der Waals surface area contributed by atoms with E-state index < -0.39 is 17.7 Å². The predicted molar refractivity (Wildman–Crippen MR) is 141 cm³/mol. The Balaban J connectivity index is 1.89. The van der Waals surface area contributed by atoms with Crippen molar-refractivity contribution < 1.29 is 24.2 Å². The van der Waals surface area contributed by atoms with Crippen molar-refractivity contribution in [3.8, 4) is 11.5 Å². The van der Waals surface area contributed by atoms with Gasteiger partial charge in [-0.3, -0.25) is 14.5 Å². The van der Waals surface area contributed by atoms with Crippen molar-refractivity contribution in [1.82, 2.24) is 0 Å². The van der Waals surface area contributed by atoms with Crippen LogP contribution in [0, 0.1) is 13.8 Å². The maximum atomic E-state index is 13.4. The van der Waals surface area contributed by atoms with Crippen LogP contribution in [0.2, 0.25) is 0 Å². The van der Waals surface area contributed by atoms with Crippen LogP contribution in [0.4, 0.5) is 5.69 Å². The molecule has 1 aliphatic heterocycles. The van der Waals surface area contributed by atoms with E-state index in [0.29, 0.717) is 35.8 Å². The molecule has 6 heteroatoms. The normalized spacial score (nSPS) is 16.9. The zero-order valence-corrected chi connectivity index (χ0v) is 21.1. The first-order valence-electron chi connectivity index (χ1n) is 12.2. The van der Waals surface area contributed by atoms with E-state index in [1.165, 1.54) is 4.90 Å². The highest BCUT2D eigenvalue weighted by Crippen LogP contribution is 2.43. The van der Waals surface area contributed by atoms with Gasteiger partial charge < -0.3 is 14.6 Å². The van der Waals surface area contributed by atoms with Crippen LogP contribution in [0.3, 0.4) is 0 Å². The smallest absolute Gasteiger partial charge is 0.300 e. The lowest BCUT2D eigenvalue weighted by atomic mass is 9.94. The standard InChI is InChI=1S/C30H31NO5/c1-5-15-36-25-14-13-22(17-20(25)4)28(32)26-27(21-10-8-12-24(18-21)35-6-2)31(30(34)29(26)33)23-11-7-9-19(3)16-23/h7-14,16-18,27,32H,5-6,15H2,1-4H3/b28-26+. The second kappa shape index (κ2) is 10.7. The fourth-order valence-corrected chi connectivity index (χ4v) is 4.46. The molecule has 36 heavy (non-hydrogen) atoms. The van der Waals surface area contributed by atoms with Gasteiger partial charge in [-0.15, -0.1) is 0 Å². The van der Waals surface area contributed by atoms with Crippen molar-refractivity contribution >= 4 is 23.1 Å². The van der Waals surface area contributed by atoms with E-state index in [4.69, 9.17) is 9.47 Å².